The zero-order chi connectivity index (χ0) is 21.8. The molecule has 2 unspecified atom stereocenters. The predicted molar refractivity (Wildman–Crippen MR) is 104 cm³/mol. The van der Waals surface area contributed by atoms with E-state index < -0.39 is 41.8 Å². The van der Waals surface area contributed by atoms with E-state index in [1.807, 2.05) is 0 Å². The van der Waals surface area contributed by atoms with Crippen LogP contribution in [0, 0.1) is 0 Å². The van der Waals surface area contributed by atoms with Crippen LogP contribution in [0.15, 0.2) is 27.3 Å². The second-order valence-corrected chi connectivity index (χ2v) is 7.86. The number of rotatable bonds is 9. The van der Waals surface area contributed by atoms with E-state index in [1.54, 1.807) is 0 Å². The minimum Gasteiger partial charge on any atom is -0.479 e. The number of thioether (sulfide) groups is 1. The van der Waals surface area contributed by atoms with Crippen molar-refractivity contribution in [3.63, 3.8) is 0 Å². The molecule has 2 atom stereocenters. The number of thiazole rings is 1. The van der Waals surface area contributed by atoms with Crippen molar-refractivity contribution in [1.29, 1.82) is 0 Å². The lowest BCUT2D eigenvalue weighted by molar-refractivity contribution is -0.150. The van der Waals surface area contributed by atoms with Gasteiger partial charge in [0.1, 0.15) is 22.8 Å². The molecule has 0 aliphatic carbocycles. The third-order valence-electron chi connectivity index (χ3n) is 4.09. The molecule has 1 saturated heterocycles. The molecule has 3 heterocycles. The number of carboxylic acid groups (broad SMARTS) is 2. The van der Waals surface area contributed by atoms with Crippen molar-refractivity contribution in [3.8, 4) is 0 Å². The van der Waals surface area contributed by atoms with Crippen molar-refractivity contribution in [3.05, 3.63) is 27.9 Å². The van der Waals surface area contributed by atoms with E-state index in [0.717, 1.165) is 4.90 Å². The van der Waals surface area contributed by atoms with Gasteiger partial charge in [0.2, 0.25) is 6.61 Å². The summed E-state index contributed by atoms with van der Waals surface area (Å²) in [6, 6.07) is -0.982. The molecule has 160 valence electrons. The van der Waals surface area contributed by atoms with Gasteiger partial charge in [-0.25, -0.2) is 14.6 Å². The molecule has 2 amide bonds. The molecule has 1 aromatic rings. The summed E-state index contributed by atoms with van der Waals surface area (Å²) < 4.78 is 5.00. The quantitative estimate of drug-likeness (QED) is 0.246. The number of carboxylic acids is 2. The van der Waals surface area contributed by atoms with Gasteiger partial charge in [0, 0.05) is 18.2 Å². The molecule has 1 fully saturated rings. The zero-order valence-corrected chi connectivity index (χ0v) is 17.1. The highest BCUT2D eigenvalue weighted by atomic mass is 32.2. The number of hydrogen-bond donors (Lipinski definition) is 3. The summed E-state index contributed by atoms with van der Waals surface area (Å²) >= 11 is 2.48. The van der Waals surface area contributed by atoms with Crippen molar-refractivity contribution < 1.29 is 39.0 Å². The Morgan fingerprint density at radius 3 is 2.77 bits per heavy atom. The number of oxime groups is 1. The van der Waals surface area contributed by atoms with Gasteiger partial charge in [-0.1, -0.05) is 5.16 Å². The molecular formula is C16H16N4O8S2. The molecule has 0 spiro atoms. The number of aliphatic carboxylic acids is 2. The Morgan fingerprint density at radius 2 is 2.17 bits per heavy atom. The van der Waals surface area contributed by atoms with Crippen LogP contribution in [0.4, 0.5) is 0 Å². The maximum Gasteiger partial charge on any atom is 0.352 e. The third-order valence-corrected chi connectivity index (χ3v) is 6.01. The Morgan fingerprint density at radius 1 is 1.40 bits per heavy atom. The lowest BCUT2D eigenvalue weighted by Gasteiger charge is -2.49. The molecule has 2 aliphatic rings. The average Bonchev–Trinajstić information content (AvgIpc) is 3.23. The molecule has 3 rings (SSSR count). The number of carbonyl (C=O) groups is 4. The van der Waals surface area contributed by atoms with E-state index >= 15 is 0 Å². The fourth-order valence-electron chi connectivity index (χ4n) is 2.86. The number of β-lactam (4-membered cyclic amide) rings is 1. The van der Waals surface area contributed by atoms with Crippen LogP contribution in [0.2, 0.25) is 0 Å². The number of methoxy groups -OCH3 is 1. The number of amides is 2. The van der Waals surface area contributed by atoms with Crippen molar-refractivity contribution in [1.82, 2.24) is 15.2 Å². The van der Waals surface area contributed by atoms with E-state index in [9.17, 15) is 24.3 Å². The number of aromatic nitrogens is 1. The highest BCUT2D eigenvalue weighted by molar-refractivity contribution is 8.00. The highest BCUT2D eigenvalue weighted by Crippen LogP contribution is 2.40. The molecule has 0 radical (unpaired) electrons. The predicted octanol–water partition coefficient (Wildman–Crippen LogP) is -0.667. The van der Waals surface area contributed by atoms with Gasteiger partial charge in [-0.15, -0.1) is 23.1 Å². The first kappa shape index (κ1) is 21.7. The highest BCUT2D eigenvalue weighted by Gasteiger charge is 2.54. The fourth-order valence-corrected chi connectivity index (χ4v) is 4.73. The molecule has 0 bridgehead atoms. The van der Waals surface area contributed by atoms with Crippen molar-refractivity contribution >= 4 is 52.6 Å². The van der Waals surface area contributed by atoms with Crippen LogP contribution in [-0.2, 0) is 28.8 Å². The SMILES string of the molecule is COCC1=C(C(=O)O)N2C(=O)C(NC(=O)/C(=N/OCC(=O)O)c3cscn3)C2SC1. The van der Waals surface area contributed by atoms with Crippen LogP contribution >= 0.6 is 23.1 Å². The average molecular weight is 456 g/mol. The van der Waals surface area contributed by atoms with Crippen molar-refractivity contribution in [2.45, 2.75) is 11.4 Å². The molecule has 14 heteroatoms. The van der Waals surface area contributed by atoms with Crippen LogP contribution in [0.25, 0.3) is 0 Å². The van der Waals surface area contributed by atoms with Crippen LogP contribution in [0.1, 0.15) is 5.69 Å². The summed E-state index contributed by atoms with van der Waals surface area (Å²) in [6.07, 6.45) is 0. The molecule has 3 N–H and O–H groups in total. The molecule has 30 heavy (non-hydrogen) atoms. The van der Waals surface area contributed by atoms with Gasteiger partial charge < -0.3 is 25.1 Å². The largest absolute Gasteiger partial charge is 0.479 e. The van der Waals surface area contributed by atoms with Crippen LogP contribution in [0.5, 0.6) is 0 Å². The van der Waals surface area contributed by atoms with E-state index in [1.165, 1.54) is 41.1 Å². The summed E-state index contributed by atoms with van der Waals surface area (Å²) in [5, 5.41) is 25.1. The number of fused-ring (bicyclic) bond motifs is 1. The van der Waals surface area contributed by atoms with Gasteiger partial charge in [0.05, 0.1) is 12.1 Å². The maximum absolute atomic E-state index is 12.7. The first-order valence-corrected chi connectivity index (χ1v) is 10.3. The normalized spacial score (nSPS) is 21.0. The monoisotopic (exact) mass is 456 g/mol. The lowest BCUT2D eigenvalue weighted by Crippen LogP contribution is -2.71. The molecule has 1 aromatic heterocycles. The standard InChI is InChI=1S/C16H16N4O8S2/c1-27-2-7-4-30-15-11(14(24)20(15)12(7)16(25)26)18-13(23)10(8-5-29-6-17-8)19-28-3-9(21)22/h5-6,11,15H,2-4H2,1H3,(H,18,23)(H,21,22)(H,25,26)/b19-10+. The molecule has 2 aliphatic heterocycles. The second-order valence-electron chi connectivity index (χ2n) is 6.03. The van der Waals surface area contributed by atoms with Crippen molar-refractivity contribution in [2.75, 3.05) is 26.1 Å². The first-order valence-electron chi connectivity index (χ1n) is 8.35. The third kappa shape index (κ3) is 4.29. The Labute approximate surface area is 177 Å². The van der Waals surface area contributed by atoms with Crippen molar-refractivity contribution in [2.24, 2.45) is 5.16 Å². The number of hydrogen-bond acceptors (Lipinski definition) is 10. The lowest BCUT2D eigenvalue weighted by atomic mass is 10.0. The number of nitrogens with one attached hydrogen (secondary N) is 1. The van der Waals surface area contributed by atoms with E-state index in [2.05, 4.69) is 20.3 Å². The topological polar surface area (TPSA) is 168 Å². The van der Waals surface area contributed by atoms with E-state index in [-0.39, 0.29) is 23.7 Å². The van der Waals surface area contributed by atoms with E-state index in [0.29, 0.717) is 11.3 Å². The Bertz CT molecular complexity index is 930. The number of ether oxygens (including phenoxy) is 1. The minimum absolute atomic E-state index is 0.0731. The summed E-state index contributed by atoms with van der Waals surface area (Å²) in [5.41, 5.74) is 1.63. The Balaban J connectivity index is 1.76. The first-order chi connectivity index (χ1) is 14.3. The zero-order valence-electron chi connectivity index (χ0n) is 15.4. The summed E-state index contributed by atoms with van der Waals surface area (Å²) in [6.45, 7) is -0.686. The van der Waals surface area contributed by atoms with Gasteiger partial charge in [0.15, 0.2) is 5.71 Å². The summed E-state index contributed by atoms with van der Waals surface area (Å²) in [4.78, 5) is 57.3. The van der Waals surface area contributed by atoms with Crippen LogP contribution in [0.3, 0.4) is 0 Å². The Kier molecular flexibility index (Phi) is 6.69. The van der Waals surface area contributed by atoms with Gasteiger partial charge in [-0.3, -0.25) is 14.5 Å². The Hall–Kier alpha value is -2.97. The fraction of sp³-hybridized carbons (Fsp3) is 0.375. The smallest absolute Gasteiger partial charge is 0.352 e. The molecule has 0 aromatic carbocycles. The van der Waals surface area contributed by atoms with Crippen LogP contribution in [-0.4, -0.2) is 87.1 Å². The van der Waals surface area contributed by atoms with Gasteiger partial charge in [-0.2, -0.15) is 0 Å². The van der Waals surface area contributed by atoms with Gasteiger partial charge in [-0.05, 0) is 5.57 Å². The number of nitrogens with zero attached hydrogens (tertiary/aromatic N) is 3. The minimum atomic E-state index is -1.28. The number of carbonyl (C=O) groups excluding carboxylic acids is 2. The van der Waals surface area contributed by atoms with Crippen LogP contribution < -0.4 is 5.32 Å². The molecule has 12 nitrogen and oxygen atoms in total. The van der Waals surface area contributed by atoms with Gasteiger partial charge >= 0.3 is 11.9 Å². The van der Waals surface area contributed by atoms with Gasteiger partial charge in [0.25, 0.3) is 11.8 Å². The summed E-state index contributed by atoms with van der Waals surface area (Å²) in [7, 11) is 1.43. The molecular weight excluding hydrogens is 440 g/mol. The summed E-state index contributed by atoms with van der Waals surface area (Å²) in [5.74, 6) is -3.59. The molecule has 0 saturated carbocycles. The van der Waals surface area contributed by atoms with E-state index in [4.69, 9.17) is 9.84 Å². The maximum atomic E-state index is 12.7. The second kappa shape index (κ2) is 9.23.